The molecular formula is C13H20ClN3OS. The molecule has 0 bridgehead atoms. The molecule has 0 amide bonds. The van der Waals surface area contributed by atoms with E-state index in [0.29, 0.717) is 13.0 Å². The maximum Gasteiger partial charge on any atom is 0.0889 e. The molecule has 19 heavy (non-hydrogen) atoms. The van der Waals surface area contributed by atoms with Gasteiger partial charge in [0.2, 0.25) is 0 Å². The summed E-state index contributed by atoms with van der Waals surface area (Å²) in [6.45, 7) is 0.432. The van der Waals surface area contributed by atoms with E-state index in [9.17, 15) is 5.11 Å². The Bertz CT molecular complexity index is 438. The molecule has 4 nitrogen and oxygen atoms in total. The monoisotopic (exact) mass is 301 g/mol. The zero-order valence-electron chi connectivity index (χ0n) is 10.5. The molecule has 0 saturated carbocycles. The minimum absolute atomic E-state index is 0. The number of nitrogens with zero attached hydrogens (tertiary/aromatic N) is 2. The van der Waals surface area contributed by atoms with E-state index in [1.807, 2.05) is 42.6 Å². The van der Waals surface area contributed by atoms with Gasteiger partial charge in [-0.2, -0.15) is 18.6 Å². The number of hydrogen-bond acceptors (Lipinski definition) is 3. The van der Waals surface area contributed by atoms with Gasteiger partial charge in [0.1, 0.15) is 0 Å². The maximum atomic E-state index is 9.96. The average molecular weight is 302 g/mol. The molecule has 1 aromatic heterocycles. The van der Waals surface area contributed by atoms with Gasteiger partial charge in [-0.15, -0.1) is 12.4 Å². The molecule has 0 fully saturated rings. The summed E-state index contributed by atoms with van der Waals surface area (Å²) in [5.74, 6) is 0. The molecule has 3 N–H and O–H groups in total. The van der Waals surface area contributed by atoms with E-state index in [1.165, 1.54) is 0 Å². The lowest BCUT2D eigenvalue weighted by molar-refractivity contribution is 0.121. The fourth-order valence-corrected chi connectivity index (χ4v) is 1.76. The summed E-state index contributed by atoms with van der Waals surface area (Å²) in [4.78, 5) is 0. The lowest BCUT2D eigenvalue weighted by atomic mass is 10.0. The van der Waals surface area contributed by atoms with Crippen molar-refractivity contribution in [1.29, 1.82) is 0 Å². The number of aliphatic hydroxyl groups is 1. The SMILES string of the molecule is Cl.N[C@H](Cc1ccccc1)[C@@H](O)Cn1cccn1.S. The van der Waals surface area contributed by atoms with Crippen LogP contribution in [0.15, 0.2) is 48.8 Å². The molecule has 6 heteroatoms. The van der Waals surface area contributed by atoms with Crippen molar-refractivity contribution in [3.8, 4) is 0 Å². The Labute approximate surface area is 126 Å². The second kappa shape index (κ2) is 8.98. The summed E-state index contributed by atoms with van der Waals surface area (Å²) in [6, 6.07) is 11.5. The Kier molecular flexibility index (Phi) is 8.51. The van der Waals surface area contributed by atoms with Crippen LogP contribution in [0, 0.1) is 0 Å². The first-order valence-electron chi connectivity index (χ1n) is 5.70. The van der Waals surface area contributed by atoms with Crippen LogP contribution in [-0.2, 0) is 13.0 Å². The number of aromatic nitrogens is 2. The van der Waals surface area contributed by atoms with Gasteiger partial charge in [-0.3, -0.25) is 4.68 Å². The normalized spacial score (nSPS) is 12.9. The second-order valence-electron chi connectivity index (χ2n) is 4.15. The Morgan fingerprint density at radius 1 is 1.21 bits per heavy atom. The molecule has 106 valence electrons. The quantitative estimate of drug-likeness (QED) is 0.876. The average Bonchev–Trinajstić information content (AvgIpc) is 2.83. The molecule has 1 aromatic carbocycles. The third-order valence-corrected chi connectivity index (χ3v) is 2.74. The van der Waals surface area contributed by atoms with Crippen LogP contribution in [-0.4, -0.2) is 27.0 Å². The lowest BCUT2D eigenvalue weighted by Gasteiger charge is -2.18. The van der Waals surface area contributed by atoms with Crippen molar-refractivity contribution in [2.75, 3.05) is 0 Å². The van der Waals surface area contributed by atoms with Gasteiger partial charge in [0.05, 0.1) is 12.6 Å². The summed E-state index contributed by atoms with van der Waals surface area (Å²) in [7, 11) is 0. The molecule has 0 aliphatic carbocycles. The molecule has 2 aromatic rings. The second-order valence-corrected chi connectivity index (χ2v) is 4.15. The van der Waals surface area contributed by atoms with Crippen molar-refractivity contribution in [1.82, 2.24) is 9.78 Å². The predicted octanol–water partition coefficient (Wildman–Crippen LogP) is 1.35. The molecule has 2 atom stereocenters. The van der Waals surface area contributed by atoms with Gasteiger partial charge in [0, 0.05) is 18.4 Å². The van der Waals surface area contributed by atoms with Gasteiger partial charge in [-0.05, 0) is 18.1 Å². The van der Waals surface area contributed by atoms with E-state index in [4.69, 9.17) is 5.73 Å². The number of rotatable bonds is 5. The van der Waals surface area contributed by atoms with E-state index in [1.54, 1.807) is 10.9 Å². The highest BCUT2D eigenvalue weighted by molar-refractivity contribution is 7.59. The number of benzene rings is 1. The zero-order chi connectivity index (χ0) is 12.1. The van der Waals surface area contributed by atoms with Crippen molar-refractivity contribution in [3.63, 3.8) is 0 Å². The van der Waals surface area contributed by atoms with Crippen molar-refractivity contribution < 1.29 is 5.11 Å². The molecule has 2 rings (SSSR count). The summed E-state index contributed by atoms with van der Waals surface area (Å²) in [6.07, 6.45) is 3.59. The zero-order valence-corrected chi connectivity index (χ0v) is 12.3. The fraction of sp³-hybridized carbons (Fsp3) is 0.308. The van der Waals surface area contributed by atoms with Crippen molar-refractivity contribution in [2.45, 2.75) is 25.1 Å². The van der Waals surface area contributed by atoms with Gasteiger partial charge in [-0.25, -0.2) is 0 Å². The van der Waals surface area contributed by atoms with E-state index in [-0.39, 0.29) is 31.9 Å². The van der Waals surface area contributed by atoms with E-state index in [0.717, 1.165) is 5.56 Å². The number of hydrogen-bond donors (Lipinski definition) is 2. The van der Waals surface area contributed by atoms with Crippen LogP contribution >= 0.6 is 25.9 Å². The van der Waals surface area contributed by atoms with Gasteiger partial charge in [0.25, 0.3) is 0 Å². The third-order valence-electron chi connectivity index (χ3n) is 2.74. The van der Waals surface area contributed by atoms with E-state index >= 15 is 0 Å². The predicted molar refractivity (Wildman–Crippen MR) is 84.0 cm³/mol. The fourth-order valence-electron chi connectivity index (χ4n) is 1.76. The minimum Gasteiger partial charge on any atom is -0.390 e. The highest BCUT2D eigenvalue weighted by Crippen LogP contribution is 2.05. The highest BCUT2D eigenvalue weighted by atomic mass is 35.5. The van der Waals surface area contributed by atoms with E-state index in [2.05, 4.69) is 5.10 Å². The third kappa shape index (κ3) is 5.65. The summed E-state index contributed by atoms with van der Waals surface area (Å²) >= 11 is 0. The number of aliphatic hydroxyl groups excluding tert-OH is 1. The Morgan fingerprint density at radius 2 is 1.89 bits per heavy atom. The van der Waals surface area contributed by atoms with Crippen molar-refractivity contribution in [3.05, 3.63) is 54.4 Å². The smallest absolute Gasteiger partial charge is 0.0889 e. The first kappa shape index (κ1) is 18.0. The standard InChI is InChI=1S/C13H17N3O.ClH.H2S/c14-12(9-11-5-2-1-3-6-11)13(17)10-16-8-4-7-15-16;;/h1-8,12-13,17H,9-10,14H2;1H;1H2/t12-,13+;;/m1../s1. The summed E-state index contributed by atoms with van der Waals surface area (Å²) in [5, 5.41) is 14.0. The first-order valence-corrected chi connectivity index (χ1v) is 5.70. The molecule has 0 radical (unpaired) electrons. The van der Waals surface area contributed by atoms with Crippen LogP contribution in [0.3, 0.4) is 0 Å². The van der Waals surface area contributed by atoms with E-state index < -0.39 is 6.10 Å². The Balaban J connectivity index is 0.00000162. The number of halogens is 1. The molecule has 1 heterocycles. The molecular weight excluding hydrogens is 282 g/mol. The van der Waals surface area contributed by atoms with Crippen molar-refractivity contribution in [2.24, 2.45) is 5.73 Å². The molecule has 0 saturated heterocycles. The largest absolute Gasteiger partial charge is 0.390 e. The molecule has 0 unspecified atom stereocenters. The van der Waals surface area contributed by atoms with Crippen LogP contribution in [0.1, 0.15) is 5.56 Å². The van der Waals surface area contributed by atoms with Crippen molar-refractivity contribution >= 4 is 25.9 Å². The highest BCUT2D eigenvalue weighted by Gasteiger charge is 2.15. The van der Waals surface area contributed by atoms with Crippen LogP contribution in [0.2, 0.25) is 0 Å². The van der Waals surface area contributed by atoms with Crippen LogP contribution < -0.4 is 5.73 Å². The van der Waals surface area contributed by atoms with Gasteiger partial charge in [0.15, 0.2) is 0 Å². The van der Waals surface area contributed by atoms with Gasteiger partial charge in [-0.1, -0.05) is 30.3 Å². The van der Waals surface area contributed by atoms with Gasteiger partial charge >= 0.3 is 0 Å². The van der Waals surface area contributed by atoms with Crippen LogP contribution in [0.25, 0.3) is 0 Å². The lowest BCUT2D eigenvalue weighted by Crippen LogP contribution is -2.39. The molecule has 0 aliphatic heterocycles. The topological polar surface area (TPSA) is 64.1 Å². The first-order chi connectivity index (χ1) is 8.25. The van der Waals surface area contributed by atoms with Gasteiger partial charge < -0.3 is 10.8 Å². The molecule has 0 aliphatic rings. The summed E-state index contributed by atoms with van der Waals surface area (Å²) in [5.41, 5.74) is 7.11. The van der Waals surface area contributed by atoms with Crippen LogP contribution in [0.5, 0.6) is 0 Å². The Morgan fingerprint density at radius 3 is 2.47 bits per heavy atom. The summed E-state index contributed by atoms with van der Waals surface area (Å²) < 4.78 is 1.69. The maximum absolute atomic E-state index is 9.96. The Hall–Kier alpha value is -1.01. The molecule has 0 spiro atoms. The minimum atomic E-state index is -0.588. The van der Waals surface area contributed by atoms with Crippen LogP contribution in [0.4, 0.5) is 0 Å². The number of nitrogens with two attached hydrogens (primary N) is 1.